The molecule has 2 saturated carbocycles. The van der Waals surface area contributed by atoms with Crippen molar-refractivity contribution >= 4 is 6.29 Å². The Morgan fingerprint density at radius 1 is 0.951 bits per heavy atom. The summed E-state index contributed by atoms with van der Waals surface area (Å²) < 4.78 is 84.1. The van der Waals surface area contributed by atoms with Gasteiger partial charge in [0, 0.05) is 28.7 Å². The Morgan fingerprint density at radius 3 is 2.22 bits per heavy atom. The Bertz CT molecular complexity index is 1290. The first-order valence-corrected chi connectivity index (χ1v) is 14.5. The van der Waals surface area contributed by atoms with Gasteiger partial charge in [-0.2, -0.15) is 22.0 Å². The molecule has 1 aromatic rings. The van der Waals surface area contributed by atoms with Gasteiger partial charge in [-0.15, -0.1) is 0 Å². The van der Waals surface area contributed by atoms with Gasteiger partial charge in [0.2, 0.25) is 0 Å². The molecule has 4 nitrogen and oxygen atoms in total. The minimum atomic E-state index is -5.87. The van der Waals surface area contributed by atoms with Crippen LogP contribution in [0.3, 0.4) is 0 Å². The lowest BCUT2D eigenvalue weighted by Crippen LogP contribution is -2.65. The minimum Gasteiger partial charge on any atom is -0.383 e. The van der Waals surface area contributed by atoms with Gasteiger partial charge in [0.25, 0.3) is 0 Å². The van der Waals surface area contributed by atoms with E-state index >= 15 is 8.78 Å². The lowest BCUT2D eigenvalue weighted by molar-refractivity contribution is -0.362. The number of alkyl halides is 5. The van der Waals surface area contributed by atoms with Crippen LogP contribution in [0, 0.1) is 22.7 Å². The quantitative estimate of drug-likeness (QED) is 0.297. The van der Waals surface area contributed by atoms with Gasteiger partial charge < -0.3 is 14.6 Å². The first kappa shape index (κ1) is 29.0. The summed E-state index contributed by atoms with van der Waals surface area (Å²) in [5.74, 6) is -7.30. The van der Waals surface area contributed by atoms with E-state index in [0.29, 0.717) is 50.7 Å². The Labute approximate surface area is 237 Å². The largest absolute Gasteiger partial charge is 0.456 e. The lowest BCUT2D eigenvalue weighted by Gasteiger charge is -2.56. The second-order valence-corrected chi connectivity index (χ2v) is 13.8. The molecule has 1 aliphatic heterocycles. The normalized spacial score (nSPS) is 36.3. The van der Waals surface area contributed by atoms with Crippen molar-refractivity contribution in [2.45, 2.75) is 95.1 Å². The average Bonchev–Trinajstić information content (AvgIpc) is 3.21. The fraction of sp³-hybridized carbons (Fsp3) is 0.656. The Morgan fingerprint density at radius 2 is 1.61 bits per heavy atom. The molecule has 9 heteroatoms. The molecule has 1 spiro atoms. The summed E-state index contributed by atoms with van der Waals surface area (Å²) in [6.45, 7) is 6.72. The van der Waals surface area contributed by atoms with E-state index in [-0.39, 0.29) is 24.2 Å². The van der Waals surface area contributed by atoms with Crippen molar-refractivity contribution in [2.75, 3.05) is 13.2 Å². The molecule has 0 radical (unpaired) electrons. The van der Waals surface area contributed by atoms with E-state index in [1.54, 1.807) is 24.3 Å². The molecular weight excluding hydrogens is 543 g/mol. The van der Waals surface area contributed by atoms with Crippen LogP contribution in [0.5, 0.6) is 0 Å². The van der Waals surface area contributed by atoms with Crippen LogP contribution in [-0.2, 0) is 9.47 Å². The predicted molar refractivity (Wildman–Crippen MR) is 141 cm³/mol. The number of fused-ring (bicyclic) bond motifs is 4. The number of rotatable bonds is 3. The van der Waals surface area contributed by atoms with Gasteiger partial charge >= 0.3 is 12.1 Å². The van der Waals surface area contributed by atoms with Crippen LogP contribution in [0.4, 0.5) is 22.0 Å². The van der Waals surface area contributed by atoms with Crippen LogP contribution >= 0.6 is 0 Å². The number of aliphatic hydroxyl groups is 1. The van der Waals surface area contributed by atoms with E-state index in [2.05, 4.69) is 19.9 Å². The van der Waals surface area contributed by atoms with Crippen LogP contribution in [0.25, 0.3) is 0 Å². The highest BCUT2D eigenvalue weighted by molar-refractivity contribution is 5.74. The summed E-state index contributed by atoms with van der Waals surface area (Å²) in [6, 6.07) is 6.80. The first-order chi connectivity index (χ1) is 19.1. The number of benzene rings is 1. The Hall–Kier alpha value is -2.10. The first-order valence-electron chi connectivity index (χ1n) is 14.5. The van der Waals surface area contributed by atoms with Crippen molar-refractivity contribution in [1.29, 1.82) is 0 Å². The van der Waals surface area contributed by atoms with Crippen LogP contribution in [0.2, 0.25) is 0 Å². The third kappa shape index (κ3) is 4.20. The van der Waals surface area contributed by atoms with Gasteiger partial charge in [-0.1, -0.05) is 50.6 Å². The molecule has 5 atom stereocenters. The number of carbonyl (C=O) groups is 1. The molecule has 1 heterocycles. The molecule has 1 saturated heterocycles. The van der Waals surface area contributed by atoms with Crippen molar-refractivity contribution in [3.8, 4) is 0 Å². The van der Waals surface area contributed by atoms with Crippen LogP contribution in [0.15, 0.2) is 47.1 Å². The number of halogens is 5. The Kier molecular flexibility index (Phi) is 6.50. The highest BCUT2D eigenvalue weighted by Gasteiger charge is 2.79. The zero-order valence-electron chi connectivity index (χ0n) is 23.6. The van der Waals surface area contributed by atoms with Gasteiger partial charge in [0.1, 0.15) is 11.9 Å². The van der Waals surface area contributed by atoms with Gasteiger partial charge in [-0.3, -0.25) is 4.79 Å². The van der Waals surface area contributed by atoms with E-state index in [1.807, 2.05) is 0 Å². The second kappa shape index (κ2) is 9.20. The second-order valence-electron chi connectivity index (χ2n) is 13.8. The summed E-state index contributed by atoms with van der Waals surface area (Å²) in [6.07, 6.45) is -1.19. The average molecular weight is 581 g/mol. The third-order valence-corrected chi connectivity index (χ3v) is 10.8. The number of carbonyl (C=O) groups excluding carboxylic acids is 1. The van der Waals surface area contributed by atoms with Gasteiger partial charge in [0.05, 0.1) is 13.2 Å². The monoisotopic (exact) mass is 580 g/mol. The van der Waals surface area contributed by atoms with Crippen molar-refractivity contribution in [3.05, 3.63) is 58.2 Å². The van der Waals surface area contributed by atoms with Crippen LogP contribution in [-0.4, -0.2) is 48.1 Å². The number of hydrogen-bond donors (Lipinski definition) is 1. The van der Waals surface area contributed by atoms with E-state index in [9.17, 15) is 23.1 Å². The molecule has 224 valence electrons. The highest BCUT2D eigenvalue weighted by Crippen LogP contribution is 2.70. The molecule has 5 aliphatic rings. The molecule has 3 fully saturated rings. The van der Waals surface area contributed by atoms with Crippen LogP contribution < -0.4 is 0 Å². The number of allylic oxidation sites excluding steroid dienone is 3. The molecule has 0 aromatic heterocycles. The topological polar surface area (TPSA) is 55.8 Å². The predicted octanol–water partition coefficient (Wildman–Crippen LogP) is 7.53. The number of hydrogen-bond acceptors (Lipinski definition) is 4. The maximum absolute atomic E-state index is 15.2. The third-order valence-electron chi connectivity index (χ3n) is 10.8. The van der Waals surface area contributed by atoms with E-state index in [0.717, 1.165) is 22.3 Å². The molecule has 1 aromatic carbocycles. The summed E-state index contributed by atoms with van der Waals surface area (Å²) in [7, 11) is 0. The Balaban J connectivity index is 1.47. The number of ether oxygens (including phenoxy) is 2. The number of aldehydes is 1. The van der Waals surface area contributed by atoms with E-state index < -0.39 is 47.2 Å². The molecule has 0 bridgehead atoms. The summed E-state index contributed by atoms with van der Waals surface area (Å²) in [5, 5.41) is 11.4. The van der Waals surface area contributed by atoms with Gasteiger partial charge in [-0.25, -0.2) is 0 Å². The fourth-order valence-electron chi connectivity index (χ4n) is 8.59. The fourth-order valence-corrected chi connectivity index (χ4v) is 8.59. The minimum absolute atomic E-state index is 0.0464. The molecule has 2 unspecified atom stereocenters. The van der Waals surface area contributed by atoms with E-state index in [1.165, 1.54) is 6.92 Å². The van der Waals surface area contributed by atoms with Crippen molar-refractivity contribution < 1.29 is 41.3 Å². The zero-order chi connectivity index (χ0) is 29.6. The molecule has 41 heavy (non-hydrogen) atoms. The maximum atomic E-state index is 15.2. The summed E-state index contributed by atoms with van der Waals surface area (Å²) in [4.78, 5) is 11.3. The summed E-state index contributed by atoms with van der Waals surface area (Å²) in [5.41, 5.74) is -0.499. The van der Waals surface area contributed by atoms with Crippen molar-refractivity contribution in [2.24, 2.45) is 22.7 Å². The summed E-state index contributed by atoms with van der Waals surface area (Å²) >= 11 is 0. The van der Waals surface area contributed by atoms with Crippen molar-refractivity contribution in [1.82, 2.24) is 0 Å². The highest BCUT2D eigenvalue weighted by atomic mass is 19.4. The van der Waals surface area contributed by atoms with Crippen LogP contribution in [0.1, 0.15) is 87.6 Å². The van der Waals surface area contributed by atoms with Gasteiger partial charge in [0.15, 0.2) is 5.79 Å². The molecule has 1 N–H and O–H groups in total. The molecular formula is C32H37F5O4. The standard InChI is InChI=1S/C32H37F5O4/c1-27(2)17-40-29(41-18-27)12-10-22-21(14-29)8-9-23-25-11-13-30(39,31(33,34)32(35,36)37)28(25,3)15-24(26(22)23)20-6-4-19(16-38)5-7-20/h4-7,14,16,23-25,39H,8-13,15,17-18H2,1-3H3/t23?,24-,25?,28+,30+/m1/s1. The van der Waals surface area contributed by atoms with Gasteiger partial charge in [-0.05, 0) is 73.1 Å². The van der Waals surface area contributed by atoms with Crippen molar-refractivity contribution in [3.63, 3.8) is 0 Å². The molecule has 0 amide bonds. The maximum Gasteiger partial charge on any atom is 0.456 e. The molecule has 6 rings (SSSR count). The molecule has 4 aliphatic carbocycles. The smallest absolute Gasteiger partial charge is 0.383 e. The van der Waals surface area contributed by atoms with E-state index in [4.69, 9.17) is 9.47 Å². The lowest BCUT2D eigenvalue weighted by atomic mass is 9.50. The SMILES string of the molecule is CC1(C)COC2(C=C3CCC4C(=C3CC2)[C@@H](c2ccc(C=O)cc2)C[C@@]2(C)C4CC[C@@]2(O)C(F)(F)C(F)(F)F)OC1. The zero-order valence-corrected chi connectivity index (χ0v) is 23.6.